The number of allylic oxidation sites excluding steroid dienone is 2. The number of rotatable bonds is 0. The minimum atomic E-state index is 0.0949. The summed E-state index contributed by atoms with van der Waals surface area (Å²) in [6.07, 6.45) is 8.68. The van der Waals surface area contributed by atoms with E-state index in [1.165, 1.54) is 16.5 Å². The Kier molecular flexibility index (Phi) is 2.06. The van der Waals surface area contributed by atoms with Gasteiger partial charge >= 0.3 is 0 Å². The lowest BCUT2D eigenvalue weighted by atomic mass is 9.93. The molecule has 0 aliphatic heterocycles. The quantitative estimate of drug-likeness (QED) is 0.626. The molecule has 1 heteroatoms. The van der Waals surface area contributed by atoms with Gasteiger partial charge in [-0.3, -0.25) is 0 Å². The predicted octanol–water partition coefficient (Wildman–Crippen LogP) is 4.81. The summed E-state index contributed by atoms with van der Waals surface area (Å²) in [6, 6.07) is 6.32. The van der Waals surface area contributed by atoms with Gasteiger partial charge in [0.1, 0.15) is 11.3 Å². The predicted molar refractivity (Wildman–Crippen MR) is 72.8 cm³/mol. The van der Waals surface area contributed by atoms with Crippen molar-refractivity contribution in [2.75, 3.05) is 0 Å². The van der Waals surface area contributed by atoms with Crippen LogP contribution in [0.15, 0.2) is 34.8 Å². The first-order valence-corrected chi connectivity index (χ1v) is 5.97. The van der Waals surface area contributed by atoms with Crippen molar-refractivity contribution in [2.45, 2.75) is 20.8 Å². The molecule has 1 aromatic carbocycles. The van der Waals surface area contributed by atoms with E-state index in [1.54, 1.807) is 0 Å². The van der Waals surface area contributed by atoms with E-state index < -0.39 is 0 Å². The topological polar surface area (TPSA) is 13.1 Å². The molecule has 0 N–H and O–H groups in total. The average molecular weight is 224 g/mol. The van der Waals surface area contributed by atoms with E-state index in [0.717, 1.165) is 11.3 Å². The highest BCUT2D eigenvalue weighted by atomic mass is 16.3. The third-order valence-corrected chi connectivity index (χ3v) is 3.25. The van der Waals surface area contributed by atoms with E-state index in [-0.39, 0.29) is 5.41 Å². The van der Waals surface area contributed by atoms with Crippen LogP contribution >= 0.6 is 0 Å². The van der Waals surface area contributed by atoms with Gasteiger partial charge in [-0.25, -0.2) is 0 Å². The number of fused-ring (bicyclic) bond motifs is 3. The van der Waals surface area contributed by atoms with Gasteiger partial charge in [-0.15, -0.1) is 0 Å². The van der Waals surface area contributed by atoms with Gasteiger partial charge in [-0.1, -0.05) is 43.7 Å². The van der Waals surface area contributed by atoms with E-state index >= 15 is 0 Å². The van der Waals surface area contributed by atoms with Crippen molar-refractivity contribution < 1.29 is 4.42 Å². The van der Waals surface area contributed by atoms with Crippen molar-refractivity contribution >= 4 is 23.1 Å². The van der Waals surface area contributed by atoms with Gasteiger partial charge in [0.25, 0.3) is 0 Å². The Balaban J connectivity index is 2.30. The summed E-state index contributed by atoms with van der Waals surface area (Å²) in [4.78, 5) is 0. The van der Waals surface area contributed by atoms with E-state index in [4.69, 9.17) is 4.42 Å². The number of aryl methyl sites for hydroxylation is 1. The summed E-state index contributed by atoms with van der Waals surface area (Å²) >= 11 is 0. The Morgan fingerprint density at radius 1 is 1.06 bits per heavy atom. The molecule has 1 aliphatic rings. The molecule has 0 fully saturated rings. The monoisotopic (exact) mass is 224 g/mol. The maximum atomic E-state index is 5.88. The van der Waals surface area contributed by atoms with Gasteiger partial charge in [0.15, 0.2) is 0 Å². The molecule has 0 unspecified atom stereocenters. The molecule has 2 aromatic rings. The average Bonchev–Trinajstić information content (AvgIpc) is 2.53. The molecule has 3 rings (SSSR count). The first kappa shape index (κ1) is 10.4. The van der Waals surface area contributed by atoms with Crippen LogP contribution in [0.4, 0.5) is 0 Å². The largest absolute Gasteiger partial charge is 0.456 e. The number of furan rings is 1. The van der Waals surface area contributed by atoms with Crippen LogP contribution in [0.2, 0.25) is 0 Å². The van der Waals surface area contributed by atoms with Crippen LogP contribution in [0.25, 0.3) is 23.1 Å². The van der Waals surface area contributed by atoms with Gasteiger partial charge in [-0.05, 0) is 25.1 Å². The van der Waals surface area contributed by atoms with Crippen LogP contribution < -0.4 is 0 Å². The van der Waals surface area contributed by atoms with Gasteiger partial charge in [-0.2, -0.15) is 0 Å². The molecule has 1 aliphatic carbocycles. The van der Waals surface area contributed by atoms with Crippen LogP contribution in [0.5, 0.6) is 0 Å². The minimum absolute atomic E-state index is 0.0949. The third kappa shape index (κ3) is 1.72. The summed E-state index contributed by atoms with van der Waals surface area (Å²) in [5.74, 6) is 0.965. The molecule has 0 radical (unpaired) electrons. The van der Waals surface area contributed by atoms with Gasteiger partial charge < -0.3 is 4.42 Å². The van der Waals surface area contributed by atoms with Crippen molar-refractivity contribution in [1.82, 2.24) is 0 Å². The SMILES string of the molecule is Cc1ccc2oc3c(c2c1)C=CC(C)(C)C=C3. The van der Waals surface area contributed by atoms with Crippen LogP contribution in [-0.2, 0) is 0 Å². The fourth-order valence-electron chi connectivity index (χ4n) is 2.19. The second kappa shape index (κ2) is 3.36. The van der Waals surface area contributed by atoms with Crippen molar-refractivity contribution in [2.24, 2.45) is 5.41 Å². The summed E-state index contributed by atoms with van der Waals surface area (Å²) in [6.45, 7) is 6.50. The van der Waals surface area contributed by atoms with Crippen molar-refractivity contribution in [3.05, 3.63) is 47.2 Å². The van der Waals surface area contributed by atoms with E-state index in [0.29, 0.717) is 0 Å². The Morgan fingerprint density at radius 3 is 2.65 bits per heavy atom. The molecule has 1 aromatic heterocycles. The molecular formula is C16H16O. The highest BCUT2D eigenvalue weighted by Gasteiger charge is 2.17. The summed E-state index contributed by atoms with van der Waals surface area (Å²) in [7, 11) is 0. The van der Waals surface area contributed by atoms with E-state index in [1.807, 2.05) is 6.07 Å². The molecule has 0 bridgehead atoms. The Bertz CT molecular complexity index is 639. The summed E-state index contributed by atoms with van der Waals surface area (Å²) < 4.78 is 5.88. The van der Waals surface area contributed by atoms with Crippen LogP contribution in [0, 0.1) is 12.3 Å². The van der Waals surface area contributed by atoms with E-state index in [2.05, 4.69) is 57.2 Å². The van der Waals surface area contributed by atoms with Crippen LogP contribution in [-0.4, -0.2) is 0 Å². The zero-order valence-corrected chi connectivity index (χ0v) is 10.4. The zero-order chi connectivity index (χ0) is 12.0. The normalized spacial score (nSPS) is 17.1. The van der Waals surface area contributed by atoms with Crippen molar-refractivity contribution in [3.63, 3.8) is 0 Å². The highest BCUT2D eigenvalue weighted by molar-refractivity contribution is 5.92. The van der Waals surface area contributed by atoms with Crippen molar-refractivity contribution in [1.29, 1.82) is 0 Å². The zero-order valence-electron chi connectivity index (χ0n) is 10.4. The highest BCUT2D eigenvalue weighted by Crippen LogP contribution is 2.34. The maximum Gasteiger partial charge on any atom is 0.135 e. The van der Waals surface area contributed by atoms with Crippen LogP contribution in [0.1, 0.15) is 30.7 Å². The molecule has 17 heavy (non-hydrogen) atoms. The molecule has 0 atom stereocenters. The fraction of sp³-hybridized carbons (Fsp3) is 0.250. The lowest BCUT2D eigenvalue weighted by molar-refractivity contribution is 0.599. The van der Waals surface area contributed by atoms with Gasteiger partial charge in [0.2, 0.25) is 0 Å². The first-order chi connectivity index (χ1) is 8.05. The molecule has 86 valence electrons. The lowest BCUT2D eigenvalue weighted by Gasteiger charge is -2.12. The molecule has 0 spiro atoms. The van der Waals surface area contributed by atoms with E-state index in [9.17, 15) is 0 Å². The Hall–Kier alpha value is -1.76. The molecular weight excluding hydrogens is 208 g/mol. The number of hydrogen-bond acceptors (Lipinski definition) is 1. The molecule has 0 saturated carbocycles. The Morgan fingerprint density at radius 2 is 1.82 bits per heavy atom. The molecule has 1 heterocycles. The molecule has 0 amide bonds. The van der Waals surface area contributed by atoms with Crippen molar-refractivity contribution in [3.8, 4) is 0 Å². The summed E-state index contributed by atoms with van der Waals surface area (Å²) in [5, 5.41) is 1.21. The Labute approximate surface area is 101 Å². The lowest BCUT2D eigenvalue weighted by Crippen LogP contribution is -2.00. The van der Waals surface area contributed by atoms with Gasteiger partial charge in [0.05, 0.1) is 0 Å². The first-order valence-electron chi connectivity index (χ1n) is 5.97. The minimum Gasteiger partial charge on any atom is -0.456 e. The smallest absolute Gasteiger partial charge is 0.135 e. The number of benzene rings is 1. The molecule has 0 saturated heterocycles. The standard InChI is InChI=1S/C16H16O/c1-11-4-5-14-13(10-11)12-6-8-16(2,3)9-7-15(12)17-14/h4-10H,1-3H3. The van der Waals surface area contributed by atoms with Crippen LogP contribution in [0.3, 0.4) is 0 Å². The fourth-order valence-corrected chi connectivity index (χ4v) is 2.19. The summed E-state index contributed by atoms with van der Waals surface area (Å²) in [5.41, 5.74) is 3.53. The number of hydrogen-bond donors (Lipinski definition) is 0. The second-order valence-corrected chi connectivity index (χ2v) is 5.37. The molecule has 1 nitrogen and oxygen atoms in total. The van der Waals surface area contributed by atoms with Gasteiger partial charge in [0, 0.05) is 16.4 Å². The second-order valence-electron chi connectivity index (χ2n) is 5.37. The third-order valence-electron chi connectivity index (χ3n) is 3.25. The maximum absolute atomic E-state index is 5.88.